The zero-order chi connectivity index (χ0) is 24.0. The molecule has 2 N–H and O–H groups in total. The second-order valence-corrected chi connectivity index (χ2v) is 10.6. The number of hydrogen-bond donors (Lipinski definition) is 2. The number of carbonyl (C=O) groups excluding carboxylic acids is 2. The first-order valence-electron chi connectivity index (χ1n) is 10.6. The van der Waals surface area contributed by atoms with Crippen LogP contribution in [-0.2, 0) is 25.6 Å². The van der Waals surface area contributed by atoms with Crippen LogP contribution >= 0.6 is 0 Å². The SMILES string of the molecule is CCOC(=O)C(N[S@@+]([O-])c1c(C)cc(C)cc1C)C(C)(C)CCNC(=O)OC(C)(C)C. The Hall–Kier alpha value is -1.77. The predicted molar refractivity (Wildman–Crippen MR) is 123 cm³/mol. The molecule has 0 aliphatic heterocycles. The third kappa shape index (κ3) is 8.71. The molecule has 0 fully saturated rings. The van der Waals surface area contributed by atoms with E-state index in [0.29, 0.717) is 17.9 Å². The van der Waals surface area contributed by atoms with Gasteiger partial charge in [0.1, 0.15) is 5.60 Å². The van der Waals surface area contributed by atoms with Gasteiger partial charge in [0, 0.05) is 17.7 Å². The predicted octanol–water partition coefficient (Wildman–Crippen LogP) is 4.10. The van der Waals surface area contributed by atoms with E-state index in [1.165, 1.54) is 0 Å². The summed E-state index contributed by atoms with van der Waals surface area (Å²) >= 11 is -1.61. The van der Waals surface area contributed by atoms with E-state index >= 15 is 0 Å². The van der Waals surface area contributed by atoms with Crippen LogP contribution in [0.1, 0.15) is 64.7 Å². The molecule has 31 heavy (non-hydrogen) atoms. The van der Waals surface area contributed by atoms with Crippen LogP contribution in [0.3, 0.4) is 0 Å². The van der Waals surface area contributed by atoms with Gasteiger partial charge in [-0.3, -0.25) is 4.79 Å². The zero-order valence-electron chi connectivity index (χ0n) is 20.3. The van der Waals surface area contributed by atoms with Gasteiger partial charge in [-0.25, -0.2) is 4.79 Å². The molecule has 1 amide bonds. The molecule has 0 aliphatic rings. The van der Waals surface area contributed by atoms with Crippen molar-refractivity contribution in [3.05, 3.63) is 28.8 Å². The van der Waals surface area contributed by atoms with Crippen molar-refractivity contribution >= 4 is 23.4 Å². The number of carbonyl (C=O) groups is 2. The van der Waals surface area contributed by atoms with Crippen LogP contribution in [0.5, 0.6) is 0 Å². The molecule has 0 aromatic heterocycles. The van der Waals surface area contributed by atoms with Gasteiger partial charge in [0.05, 0.1) is 18.0 Å². The zero-order valence-corrected chi connectivity index (χ0v) is 21.1. The molecule has 1 unspecified atom stereocenters. The molecule has 0 radical (unpaired) electrons. The van der Waals surface area contributed by atoms with Gasteiger partial charge >= 0.3 is 12.1 Å². The minimum absolute atomic E-state index is 0.221. The van der Waals surface area contributed by atoms with Gasteiger partial charge < -0.3 is 19.3 Å². The maximum absolute atomic E-state index is 13.2. The Kier molecular flexibility index (Phi) is 9.85. The van der Waals surface area contributed by atoms with E-state index in [2.05, 4.69) is 10.0 Å². The minimum atomic E-state index is -1.61. The fourth-order valence-corrected chi connectivity index (χ4v) is 4.77. The molecule has 0 heterocycles. The number of hydrogen-bond acceptors (Lipinski definition) is 6. The van der Waals surface area contributed by atoms with Crippen LogP contribution in [0, 0.1) is 26.2 Å². The summed E-state index contributed by atoms with van der Waals surface area (Å²) in [6.07, 6.45) is -0.0652. The summed E-state index contributed by atoms with van der Waals surface area (Å²) in [6.45, 7) is 17.2. The highest BCUT2D eigenvalue weighted by Gasteiger charge is 2.40. The molecular formula is C23H38N2O5S. The van der Waals surface area contributed by atoms with Crippen molar-refractivity contribution in [3.8, 4) is 0 Å². The van der Waals surface area contributed by atoms with Gasteiger partial charge in [0.2, 0.25) is 0 Å². The van der Waals surface area contributed by atoms with Crippen molar-refractivity contribution in [2.24, 2.45) is 5.41 Å². The summed E-state index contributed by atoms with van der Waals surface area (Å²) in [5.74, 6) is -0.472. The molecule has 0 aliphatic carbocycles. The number of nitrogens with one attached hydrogen (secondary N) is 2. The Balaban J connectivity index is 2.97. The van der Waals surface area contributed by atoms with Crippen LogP contribution in [0.2, 0.25) is 0 Å². The number of amides is 1. The van der Waals surface area contributed by atoms with Crippen molar-refractivity contribution < 1.29 is 23.6 Å². The Morgan fingerprint density at radius 3 is 2.13 bits per heavy atom. The summed E-state index contributed by atoms with van der Waals surface area (Å²) in [7, 11) is 0. The first kappa shape index (κ1) is 27.3. The van der Waals surface area contributed by atoms with E-state index in [-0.39, 0.29) is 6.61 Å². The topological polar surface area (TPSA) is 99.7 Å². The smallest absolute Gasteiger partial charge is 0.407 e. The molecule has 1 aromatic rings. The lowest BCUT2D eigenvalue weighted by Gasteiger charge is -2.33. The first-order valence-corrected chi connectivity index (χ1v) is 11.7. The molecule has 176 valence electrons. The van der Waals surface area contributed by atoms with Crippen molar-refractivity contribution in [3.63, 3.8) is 0 Å². The lowest BCUT2D eigenvalue weighted by atomic mass is 9.81. The van der Waals surface area contributed by atoms with Crippen LogP contribution in [0.4, 0.5) is 4.79 Å². The molecule has 2 atom stereocenters. The van der Waals surface area contributed by atoms with Gasteiger partial charge in [-0.1, -0.05) is 31.5 Å². The minimum Gasteiger partial charge on any atom is -0.593 e. The molecule has 0 spiro atoms. The van der Waals surface area contributed by atoms with Gasteiger partial charge in [-0.15, -0.1) is 4.72 Å². The van der Waals surface area contributed by atoms with Crippen LogP contribution in [0.25, 0.3) is 0 Å². The first-order chi connectivity index (χ1) is 14.2. The summed E-state index contributed by atoms with van der Waals surface area (Å²) in [4.78, 5) is 25.3. The van der Waals surface area contributed by atoms with Crippen LogP contribution in [-0.4, -0.2) is 41.4 Å². The number of ether oxygens (including phenoxy) is 2. The molecule has 7 nitrogen and oxygen atoms in total. The Morgan fingerprint density at radius 2 is 1.65 bits per heavy atom. The summed E-state index contributed by atoms with van der Waals surface area (Å²) in [5, 5.41) is 2.71. The van der Waals surface area contributed by atoms with Gasteiger partial charge in [-0.05, 0) is 60.3 Å². The van der Waals surface area contributed by atoms with E-state index in [1.54, 1.807) is 27.7 Å². The van der Waals surface area contributed by atoms with Gasteiger partial charge in [0.15, 0.2) is 10.9 Å². The van der Waals surface area contributed by atoms with Gasteiger partial charge in [-0.2, -0.15) is 0 Å². The normalized spacial score (nSPS) is 14.0. The average molecular weight is 455 g/mol. The summed E-state index contributed by atoms with van der Waals surface area (Å²) in [5.41, 5.74) is 1.65. The average Bonchev–Trinajstić information content (AvgIpc) is 2.56. The lowest BCUT2D eigenvalue weighted by molar-refractivity contribution is -0.148. The molecule has 0 bridgehead atoms. The van der Waals surface area contributed by atoms with Crippen molar-refractivity contribution in [1.82, 2.24) is 10.0 Å². The second kappa shape index (κ2) is 11.2. The van der Waals surface area contributed by atoms with E-state index < -0.39 is 40.5 Å². The van der Waals surface area contributed by atoms with Gasteiger partial charge in [0.25, 0.3) is 0 Å². The third-order valence-electron chi connectivity index (χ3n) is 4.76. The summed E-state index contributed by atoms with van der Waals surface area (Å²) in [6, 6.07) is 3.11. The van der Waals surface area contributed by atoms with Crippen LogP contribution in [0.15, 0.2) is 17.0 Å². The summed E-state index contributed by atoms with van der Waals surface area (Å²) < 4.78 is 26.7. The fourth-order valence-electron chi connectivity index (χ4n) is 3.32. The van der Waals surface area contributed by atoms with E-state index in [9.17, 15) is 14.1 Å². The maximum Gasteiger partial charge on any atom is 0.407 e. The Labute approximate surface area is 190 Å². The maximum atomic E-state index is 13.2. The fraction of sp³-hybridized carbons (Fsp3) is 0.652. The number of esters is 1. The van der Waals surface area contributed by atoms with E-state index in [0.717, 1.165) is 16.7 Å². The lowest BCUT2D eigenvalue weighted by Crippen LogP contribution is -2.52. The number of benzene rings is 1. The molecule has 0 saturated carbocycles. The molecule has 0 saturated heterocycles. The quantitative estimate of drug-likeness (QED) is 0.430. The monoisotopic (exact) mass is 454 g/mol. The van der Waals surface area contributed by atoms with Crippen molar-refractivity contribution in [2.75, 3.05) is 13.2 Å². The second-order valence-electron chi connectivity index (χ2n) is 9.47. The number of alkyl carbamates (subject to hydrolysis) is 1. The number of aryl methyl sites for hydroxylation is 3. The highest BCUT2D eigenvalue weighted by atomic mass is 32.2. The molecule has 1 aromatic carbocycles. The number of rotatable bonds is 9. The molecular weight excluding hydrogens is 416 g/mol. The largest absolute Gasteiger partial charge is 0.593 e. The highest BCUT2D eigenvalue weighted by Crippen LogP contribution is 2.29. The van der Waals surface area contributed by atoms with Crippen molar-refractivity contribution in [1.29, 1.82) is 0 Å². The van der Waals surface area contributed by atoms with Crippen molar-refractivity contribution in [2.45, 2.75) is 85.3 Å². The Morgan fingerprint density at radius 1 is 1.10 bits per heavy atom. The van der Waals surface area contributed by atoms with E-state index in [4.69, 9.17) is 9.47 Å². The van der Waals surface area contributed by atoms with Crippen LogP contribution < -0.4 is 10.0 Å². The Bertz CT molecular complexity index is 751. The third-order valence-corrected chi connectivity index (χ3v) is 6.22. The highest BCUT2D eigenvalue weighted by molar-refractivity contribution is 7.89. The van der Waals surface area contributed by atoms with E-state index in [1.807, 2.05) is 46.8 Å². The molecule has 8 heteroatoms. The standard InChI is InChI=1S/C23H38N2O5S/c1-10-29-20(26)19(23(8,9)11-12-24-21(27)30-22(5,6)7)25-31(28)18-16(3)13-15(2)14-17(18)4/h13-14,19,25H,10-12H2,1-9H3,(H,24,27)/t19?,31-/m0/s1. The molecule has 1 rings (SSSR count).